The Morgan fingerprint density at radius 2 is 1.02 bits per heavy atom. The molecule has 230 valence electrons. The largest absolute Gasteiger partial charge is 0.456 e. The van der Waals surface area contributed by atoms with Crippen molar-refractivity contribution in [2.45, 2.75) is 0 Å². The predicted molar refractivity (Wildman–Crippen MR) is 206 cm³/mol. The molecule has 0 fully saturated rings. The van der Waals surface area contributed by atoms with Crippen molar-refractivity contribution >= 4 is 71.6 Å². The molecule has 2 heterocycles. The van der Waals surface area contributed by atoms with Crippen LogP contribution in [-0.2, 0) is 0 Å². The maximum absolute atomic E-state index is 6.29. The van der Waals surface area contributed by atoms with Crippen LogP contribution in [0.15, 0.2) is 186 Å². The Morgan fingerprint density at radius 1 is 0.388 bits per heavy atom. The first kappa shape index (κ1) is 27.5. The molecule has 0 saturated heterocycles. The molecule has 0 spiro atoms. The van der Waals surface area contributed by atoms with Crippen LogP contribution in [0.3, 0.4) is 0 Å². The van der Waals surface area contributed by atoms with E-state index in [1.165, 1.54) is 38.2 Å². The topological polar surface area (TPSA) is 21.3 Å². The smallest absolute Gasteiger partial charge is 0.136 e. The van der Waals surface area contributed by atoms with Crippen molar-refractivity contribution in [3.05, 3.63) is 182 Å². The summed E-state index contributed by atoms with van der Waals surface area (Å²) >= 11 is 0. The number of hydrogen-bond acceptors (Lipinski definition) is 2. The van der Waals surface area contributed by atoms with E-state index >= 15 is 0 Å². The third-order valence-electron chi connectivity index (χ3n) is 9.78. The van der Waals surface area contributed by atoms with Crippen molar-refractivity contribution in [2.24, 2.45) is 0 Å². The van der Waals surface area contributed by atoms with Gasteiger partial charge in [0.15, 0.2) is 0 Å². The number of anilines is 3. The van der Waals surface area contributed by atoms with Crippen molar-refractivity contribution in [2.75, 3.05) is 4.90 Å². The molecule has 0 saturated carbocycles. The highest BCUT2D eigenvalue weighted by molar-refractivity contribution is 6.17. The fourth-order valence-electron chi connectivity index (χ4n) is 7.51. The molecule has 0 aliphatic rings. The van der Waals surface area contributed by atoms with Gasteiger partial charge in [0.1, 0.15) is 11.2 Å². The minimum Gasteiger partial charge on any atom is -0.456 e. The number of aromatic nitrogens is 1. The monoisotopic (exact) mass is 626 g/mol. The molecule has 0 amide bonds. The van der Waals surface area contributed by atoms with Crippen LogP contribution in [0.2, 0.25) is 0 Å². The second kappa shape index (κ2) is 11.0. The summed E-state index contributed by atoms with van der Waals surface area (Å²) in [6, 6.07) is 65.0. The predicted octanol–water partition coefficient (Wildman–Crippen LogP) is 13.0. The number of hydrogen-bond donors (Lipinski definition) is 0. The molecule has 3 heteroatoms. The van der Waals surface area contributed by atoms with E-state index in [0.717, 1.165) is 50.2 Å². The summed E-state index contributed by atoms with van der Waals surface area (Å²) < 4.78 is 8.66. The van der Waals surface area contributed by atoms with Crippen LogP contribution in [0.5, 0.6) is 0 Å². The summed E-state index contributed by atoms with van der Waals surface area (Å²) in [5.74, 6) is 0. The lowest BCUT2D eigenvalue weighted by Crippen LogP contribution is -2.10. The van der Waals surface area contributed by atoms with E-state index < -0.39 is 0 Å². The Kier molecular flexibility index (Phi) is 6.18. The zero-order valence-electron chi connectivity index (χ0n) is 26.6. The van der Waals surface area contributed by atoms with Crippen LogP contribution < -0.4 is 4.90 Å². The van der Waals surface area contributed by atoms with Gasteiger partial charge < -0.3 is 13.9 Å². The van der Waals surface area contributed by atoms with Gasteiger partial charge in [-0.1, -0.05) is 109 Å². The normalized spacial score (nSPS) is 11.7. The Hall–Kier alpha value is -6.58. The van der Waals surface area contributed by atoms with Crippen LogP contribution in [0, 0.1) is 0 Å². The zero-order chi connectivity index (χ0) is 32.3. The lowest BCUT2D eigenvalue weighted by Gasteiger charge is -2.26. The molecule has 0 atom stereocenters. The fourth-order valence-corrected chi connectivity index (χ4v) is 7.51. The van der Waals surface area contributed by atoms with Gasteiger partial charge in [-0.15, -0.1) is 0 Å². The van der Waals surface area contributed by atoms with Gasteiger partial charge in [0.05, 0.1) is 11.0 Å². The molecular formula is C46H30N2O. The average molecular weight is 627 g/mol. The van der Waals surface area contributed by atoms with Crippen molar-refractivity contribution in [3.63, 3.8) is 0 Å². The van der Waals surface area contributed by atoms with E-state index in [4.69, 9.17) is 4.42 Å². The van der Waals surface area contributed by atoms with Crippen LogP contribution >= 0.6 is 0 Å². The van der Waals surface area contributed by atoms with E-state index in [1.54, 1.807) is 0 Å². The van der Waals surface area contributed by atoms with Crippen molar-refractivity contribution < 1.29 is 4.42 Å². The standard InChI is InChI=1S/C46H30N2O/c1-2-13-33(14-3-1)47(34-23-21-32(22-24-34)38-18-10-12-31-11-4-5-15-37(31)38)35-25-27-36(28-26-35)48-43-19-8-6-16-39(43)41-30-46-42(29-44(41)48)40-17-7-9-20-45(40)49-46/h1-30H. The van der Waals surface area contributed by atoms with Gasteiger partial charge in [0.25, 0.3) is 0 Å². The first-order chi connectivity index (χ1) is 24.3. The summed E-state index contributed by atoms with van der Waals surface area (Å²) in [4.78, 5) is 2.32. The zero-order valence-corrected chi connectivity index (χ0v) is 26.6. The van der Waals surface area contributed by atoms with E-state index in [9.17, 15) is 0 Å². The Bertz CT molecular complexity index is 2800. The molecule has 2 aromatic heterocycles. The number of fused-ring (bicyclic) bond motifs is 7. The van der Waals surface area contributed by atoms with Gasteiger partial charge in [-0.05, 0) is 94.7 Å². The molecule has 3 nitrogen and oxygen atoms in total. The van der Waals surface area contributed by atoms with Gasteiger partial charge >= 0.3 is 0 Å². The second-order valence-electron chi connectivity index (χ2n) is 12.6. The van der Waals surface area contributed by atoms with Crippen molar-refractivity contribution in [1.82, 2.24) is 4.57 Å². The molecule has 0 unspecified atom stereocenters. The molecule has 0 aliphatic carbocycles. The maximum Gasteiger partial charge on any atom is 0.136 e. The molecule has 10 rings (SSSR count). The number of furan rings is 1. The quantitative estimate of drug-likeness (QED) is 0.190. The third kappa shape index (κ3) is 4.44. The number of benzene rings is 8. The lowest BCUT2D eigenvalue weighted by atomic mass is 9.98. The Morgan fingerprint density at radius 3 is 1.84 bits per heavy atom. The van der Waals surface area contributed by atoms with Gasteiger partial charge in [0.2, 0.25) is 0 Å². The molecule has 0 N–H and O–H groups in total. The molecule has 0 bridgehead atoms. The van der Waals surface area contributed by atoms with Gasteiger partial charge in [-0.25, -0.2) is 0 Å². The lowest BCUT2D eigenvalue weighted by molar-refractivity contribution is 0.669. The molecule has 10 aromatic rings. The summed E-state index contributed by atoms with van der Waals surface area (Å²) in [5, 5.41) is 7.17. The summed E-state index contributed by atoms with van der Waals surface area (Å²) in [6.07, 6.45) is 0. The summed E-state index contributed by atoms with van der Waals surface area (Å²) in [7, 11) is 0. The first-order valence-electron chi connectivity index (χ1n) is 16.7. The third-order valence-corrected chi connectivity index (χ3v) is 9.78. The van der Waals surface area contributed by atoms with Crippen molar-refractivity contribution in [3.8, 4) is 16.8 Å². The summed E-state index contributed by atoms with van der Waals surface area (Å²) in [5.41, 5.74) is 11.0. The average Bonchev–Trinajstić information content (AvgIpc) is 3.70. The highest BCUT2D eigenvalue weighted by Gasteiger charge is 2.18. The van der Waals surface area contributed by atoms with E-state index in [1.807, 2.05) is 12.1 Å². The van der Waals surface area contributed by atoms with E-state index in [2.05, 4.69) is 179 Å². The minimum atomic E-state index is 0.913. The number of para-hydroxylation sites is 3. The second-order valence-corrected chi connectivity index (χ2v) is 12.6. The molecule has 0 aliphatic heterocycles. The molecule has 0 radical (unpaired) electrons. The highest BCUT2D eigenvalue weighted by atomic mass is 16.3. The van der Waals surface area contributed by atoms with E-state index in [-0.39, 0.29) is 0 Å². The van der Waals surface area contributed by atoms with Crippen LogP contribution in [0.4, 0.5) is 17.1 Å². The number of rotatable bonds is 5. The van der Waals surface area contributed by atoms with Crippen LogP contribution in [0.1, 0.15) is 0 Å². The molecule has 49 heavy (non-hydrogen) atoms. The SMILES string of the molecule is c1ccc(N(c2ccc(-c3cccc4ccccc34)cc2)c2ccc(-n3c4ccccc4c4cc5oc6ccccc6c5cc43)cc2)cc1. The Balaban J connectivity index is 1.09. The molecular weight excluding hydrogens is 597 g/mol. The van der Waals surface area contributed by atoms with Crippen LogP contribution in [-0.4, -0.2) is 4.57 Å². The summed E-state index contributed by atoms with van der Waals surface area (Å²) in [6.45, 7) is 0. The van der Waals surface area contributed by atoms with Gasteiger partial charge in [-0.3, -0.25) is 0 Å². The molecule has 8 aromatic carbocycles. The van der Waals surface area contributed by atoms with E-state index in [0.29, 0.717) is 0 Å². The fraction of sp³-hybridized carbons (Fsp3) is 0. The maximum atomic E-state index is 6.29. The van der Waals surface area contributed by atoms with Crippen LogP contribution in [0.25, 0.3) is 71.3 Å². The highest BCUT2D eigenvalue weighted by Crippen LogP contribution is 2.40. The first-order valence-corrected chi connectivity index (χ1v) is 16.7. The van der Waals surface area contributed by atoms with Gasteiger partial charge in [-0.2, -0.15) is 0 Å². The number of nitrogens with zero attached hydrogens (tertiary/aromatic N) is 2. The minimum absolute atomic E-state index is 0.913. The van der Waals surface area contributed by atoms with Gasteiger partial charge in [0, 0.05) is 44.3 Å². The Labute approximate surface area is 283 Å². The van der Waals surface area contributed by atoms with Crippen molar-refractivity contribution in [1.29, 1.82) is 0 Å².